The lowest BCUT2D eigenvalue weighted by Crippen LogP contribution is -2.18. The summed E-state index contributed by atoms with van der Waals surface area (Å²) in [6, 6.07) is 13.3. The van der Waals surface area contributed by atoms with Crippen molar-refractivity contribution in [3.63, 3.8) is 0 Å². The van der Waals surface area contributed by atoms with E-state index in [2.05, 4.69) is 24.4 Å². The first-order valence-corrected chi connectivity index (χ1v) is 6.74. The monoisotopic (exact) mass is 273 g/mol. The second kappa shape index (κ2) is 6.42. The number of rotatable bonds is 5. The lowest BCUT2D eigenvalue weighted by atomic mass is 10.1. The number of hydrogen-bond acceptors (Lipinski definition) is 2. The van der Waals surface area contributed by atoms with Crippen molar-refractivity contribution in [3.8, 4) is 5.75 Å². The first kappa shape index (κ1) is 14.4. The van der Waals surface area contributed by atoms with Gasteiger partial charge in [0.05, 0.1) is 7.11 Å². The third-order valence-electron chi connectivity index (χ3n) is 3.37. The summed E-state index contributed by atoms with van der Waals surface area (Å²) in [5, 5.41) is 3.36. The minimum atomic E-state index is -0.174. The van der Waals surface area contributed by atoms with E-state index in [0.29, 0.717) is 5.56 Å². The molecule has 0 spiro atoms. The molecule has 106 valence electrons. The molecule has 2 aromatic carbocycles. The average molecular weight is 273 g/mol. The SMILES string of the molecule is COc1ccc(CC(C)Nc2cccc(F)c2C)cc1. The van der Waals surface area contributed by atoms with Crippen molar-refractivity contribution >= 4 is 5.69 Å². The number of ether oxygens (including phenoxy) is 1. The molecule has 0 fully saturated rings. The van der Waals surface area contributed by atoms with Crippen LogP contribution in [-0.4, -0.2) is 13.2 Å². The molecule has 0 radical (unpaired) electrons. The van der Waals surface area contributed by atoms with E-state index in [4.69, 9.17) is 4.74 Å². The molecule has 0 heterocycles. The second-order valence-electron chi connectivity index (χ2n) is 5.01. The molecule has 0 aromatic heterocycles. The zero-order chi connectivity index (χ0) is 14.5. The molecule has 1 unspecified atom stereocenters. The van der Waals surface area contributed by atoms with Gasteiger partial charge in [-0.1, -0.05) is 18.2 Å². The quantitative estimate of drug-likeness (QED) is 0.882. The summed E-state index contributed by atoms with van der Waals surface area (Å²) < 4.78 is 18.6. The van der Waals surface area contributed by atoms with Crippen LogP contribution in [-0.2, 0) is 6.42 Å². The van der Waals surface area contributed by atoms with E-state index in [1.165, 1.54) is 11.6 Å². The fraction of sp³-hybridized carbons (Fsp3) is 0.294. The van der Waals surface area contributed by atoms with Gasteiger partial charge in [0, 0.05) is 17.3 Å². The Morgan fingerprint density at radius 1 is 1.15 bits per heavy atom. The Balaban J connectivity index is 2.01. The van der Waals surface area contributed by atoms with Gasteiger partial charge in [-0.15, -0.1) is 0 Å². The van der Waals surface area contributed by atoms with Crippen LogP contribution in [0.25, 0.3) is 0 Å². The largest absolute Gasteiger partial charge is 0.497 e. The van der Waals surface area contributed by atoms with Crippen LogP contribution in [0.1, 0.15) is 18.1 Å². The normalized spacial score (nSPS) is 12.0. The van der Waals surface area contributed by atoms with Crippen molar-refractivity contribution in [2.75, 3.05) is 12.4 Å². The van der Waals surface area contributed by atoms with Gasteiger partial charge in [0.2, 0.25) is 0 Å². The summed E-state index contributed by atoms with van der Waals surface area (Å²) in [7, 11) is 1.66. The molecule has 2 rings (SSSR count). The van der Waals surface area contributed by atoms with Gasteiger partial charge in [-0.3, -0.25) is 0 Å². The molecule has 0 bridgehead atoms. The van der Waals surface area contributed by atoms with Crippen molar-refractivity contribution in [1.82, 2.24) is 0 Å². The molecule has 0 aliphatic carbocycles. The molecular formula is C17H20FNO. The Labute approximate surface area is 119 Å². The highest BCUT2D eigenvalue weighted by Crippen LogP contribution is 2.19. The molecule has 20 heavy (non-hydrogen) atoms. The molecule has 0 saturated carbocycles. The van der Waals surface area contributed by atoms with Crippen LogP contribution in [0.2, 0.25) is 0 Å². The maximum atomic E-state index is 13.5. The zero-order valence-electron chi connectivity index (χ0n) is 12.1. The Morgan fingerprint density at radius 3 is 2.50 bits per heavy atom. The number of hydrogen-bond donors (Lipinski definition) is 1. The van der Waals surface area contributed by atoms with Crippen LogP contribution < -0.4 is 10.1 Å². The Hall–Kier alpha value is -2.03. The molecular weight excluding hydrogens is 253 g/mol. The highest BCUT2D eigenvalue weighted by molar-refractivity contribution is 5.51. The highest BCUT2D eigenvalue weighted by atomic mass is 19.1. The predicted molar refractivity (Wildman–Crippen MR) is 80.9 cm³/mol. The minimum absolute atomic E-state index is 0.174. The van der Waals surface area contributed by atoms with Crippen molar-refractivity contribution in [2.24, 2.45) is 0 Å². The van der Waals surface area contributed by atoms with E-state index in [-0.39, 0.29) is 11.9 Å². The summed E-state index contributed by atoms with van der Waals surface area (Å²) in [5.41, 5.74) is 2.74. The zero-order valence-corrected chi connectivity index (χ0v) is 12.1. The average Bonchev–Trinajstić information content (AvgIpc) is 2.45. The predicted octanol–water partition coefficient (Wildman–Crippen LogP) is 4.19. The Morgan fingerprint density at radius 2 is 1.85 bits per heavy atom. The maximum Gasteiger partial charge on any atom is 0.128 e. The molecule has 2 nitrogen and oxygen atoms in total. The number of methoxy groups -OCH3 is 1. The summed E-state index contributed by atoms with van der Waals surface area (Å²) in [6.07, 6.45) is 0.875. The van der Waals surface area contributed by atoms with Crippen molar-refractivity contribution < 1.29 is 9.13 Å². The summed E-state index contributed by atoms with van der Waals surface area (Å²) >= 11 is 0. The van der Waals surface area contributed by atoms with Gasteiger partial charge in [0.1, 0.15) is 11.6 Å². The van der Waals surface area contributed by atoms with Crippen LogP contribution in [0.15, 0.2) is 42.5 Å². The third kappa shape index (κ3) is 3.50. The molecule has 1 N–H and O–H groups in total. The lowest BCUT2D eigenvalue weighted by molar-refractivity contribution is 0.414. The standard InChI is InChI=1S/C17H20FNO/c1-12(11-14-7-9-15(20-3)10-8-14)19-17-6-4-5-16(18)13(17)2/h4-10,12,19H,11H2,1-3H3. The van der Waals surface area contributed by atoms with Gasteiger partial charge < -0.3 is 10.1 Å². The molecule has 2 aromatic rings. The molecule has 3 heteroatoms. The first-order chi connectivity index (χ1) is 9.60. The maximum absolute atomic E-state index is 13.5. The first-order valence-electron chi connectivity index (χ1n) is 6.74. The smallest absolute Gasteiger partial charge is 0.128 e. The van der Waals surface area contributed by atoms with Gasteiger partial charge in [-0.25, -0.2) is 4.39 Å². The molecule has 0 aliphatic rings. The fourth-order valence-corrected chi connectivity index (χ4v) is 2.20. The fourth-order valence-electron chi connectivity index (χ4n) is 2.20. The van der Waals surface area contributed by atoms with Crippen molar-refractivity contribution in [1.29, 1.82) is 0 Å². The van der Waals surface area contributed by atoms with Crippen LogP contribution in [0.3, 0.4) is 0 Å². The Bertz CT molecular complexity index is 566. The van der Waals surface area contributed by atoms with E-state index < -0.39 is 0 Å². The number of benzene rings is 2. The summed E-state index contributed by atoms with van der Waals surface area (Å²) in [5.74, 6) is 0.682. The minimum Gasteiger partial charge on any atom is -0.497 e. The Kier molecular flexibility index (Phi) is 4.61. The molecule has 1 atom stereocenters. The van der Waals surface area contributed by atoms with Crippen LogP contribution >= 0.6 is 0 Å². The topological polar surface area (TPSA) is 21.3 Å². The van der Waals surface area contributed by atoms with E-state index >= 15 is 0 Å². The van der Waals surface area contributed by atoms with E-state index in [1.807, 2.05) is 18.2 Å². The van der Waals surface area contributed by atoms with Crippen LogP contribution in [0, 0.1) is 12.7 Å². The summed E-state index contributed by atoms with van der Waals surface area (Å²) in [6.45, 7) is 3.88. The molecule has 0 amide bonds. The van der Waals surface area contributed by atoms with Crippen molar-refractivity contribution in [2.45, 2.75) is 26.3 Å². The van der Waals surface area contributed by atoms with E-state index in [1.54, 1.807) is 20.1 Å². The van der Waals surface area contributed by atoms with Crippen LogP contribution in [0.5, 0.6) is 5.75 Å². The van der Waals surface area contributed by atoms with Gasteiger partial charge >= 0.3 is 0 Å². The molecule has 0 saturated heterocycles. The third-order valence-corrected chi connectivity index (χ3v) is 3.37. The number of nitrogens with one attached hydrogen (secondary N) is 1. The van der Waals surface area contributed by atoms with Crippen molar-refractivity contribution in [3.05, 3.63) is 59.4 Å². The van der Waals surface area contributed by atoms with Gasteiger partial charge in [0.25, 0.3) is 0 Å². The van der Waals surface area contributed by atoms with Gasteiger partial charge in [-0.05, 0) is 50.1 Å². The van der Waals surface area contributed by atoms with Crippen LogP contribution in [0.4, 0.5) is 10.1 Å². The second-order valence-corrected chi connectivity index (χ2v) is 5.01. The van der Waals surface area contributed by atoms with E-state index in [9.17, 15) is 4.39 Å². The van der Waals surface area contributed by atoms with Gasteiger partial charge in [-0.2, -0.15) is 0 Å². The highest BCUT2D eigenvalue weighted by Gasteiger charge is 2.08. The van der Waals surface area contributed by atoms with Gasteiger partial charge in [0.15, 0.2) is 0 Å². The number of halogens is 1. The summed E-state index contributed by atoms with van der Waals surface area (Å²) in [4.78, 5) is 0. The lowest BCUT2D eigenvalue weighted by Gasteiger charge is -2.17. The van der Waals surface area contributed by atoms with E-state index in [0.717, 1.165) is 17.9 Å². The number of anilines is 1. The molecule has 0 aliphatic heterocycles.